The van der Waals surface area contributed by atoms with Crippen molar-refractivity contribution in [3.05, 3.63) is 23.8 Å². The standard InChI is InChI=1S/C33H50N4O5/c1-23(38)41-29-21-26(39)10-16-33(22-37-31(34)35-3,32(2)13-4-5-14-32)15-6-7-25(29)19-24-8-9-28(40)30(20-24)42-27-11-17-36-18-12-27/h8-9,20,25-27,29,36,39-40H,4-5,7,10-14,16-19,21-22H2,1-3H3,(H3,34,35,37). The zero-order valence-corrected chi connectivity index (χ0v) is 25.6. The number of ether oxygens (including phenoxy) is 2. The van der Waals surface area contributed by atoms with Crippen LogP contribution in [0, 0.1) is 28.6 Å². The number of piperidine rings is 1. The Bertz CT molecular complexity index is 1150. The fourth-order valence-electron chi connectivity index (χ4n) is 7.03. The molecular weight excluding hydrogens is 532 g/mol. The van der Waals surface area contributed by atoms with E-state index in [9.17, 15) is 15.0 Å². The van der Waals surface area contributed by atoms with Gasteiger partial charge in [-0.3, -0.25) is 9.79 Å². The first kappa shape index (κ1) is 32.0. The summed E-state index contributed by atoms with van der Waals surface area (Å²) >= 11 is 0. The smallest absolute Gasteiger partial charge is 0.302 e. The van der Waals surface area contributed by atoms with E-state index in [0.717, 1.165) is 44.3 Å². The van der Waals surface area contributed by atoms with Gasteiger partial charge in [0.2, 0.25) is 0 Å². The molecule has 0 aromatic heterocycles. The van der Waals surface area contributed by atoms with Gasteiger partial charge in [-0.05, 0) is 81.1 Å². The average molecular weight is 583 g/mol. The number of carbonyl (C=O) groups is 1. The molecule has 1 aromatic carbocycles. The fourth-order valence-corrected chi connectivity index (χ4v) is 7.03. The fraction of sp³-hybridized carbons (Fsp3) is 0.697. The molecule has 1 aromatic rings. The minimum Gasteiger partial charge on any atom is -0.504 e. The third-order valence-electron chi connectivity index (χ3n) is 9.72. The minimum absolute atomic E-state index is 0.0114. The highest BCUT2D eigenvalue weighted by atomic mass is 16.5. The molecule has 3 aliphatic rings. The maximum Gasteiger partial charge on any atom is 0.302 e. The highest BCUT2D eigenvalue weighted by Gasteiger charge is 2.48. The number of benzene rings is 1. The van der Waals surface area contributed by atoms with Gasteiger partial charge in [-0.2, -0.15) is 0 Å². The number of phenolic OH excluding ortho intramolecular Hbond substituents is 1. The van der Waals surface area contributed by atoms with Crippen molar-refractivity contribution in [1.29, 1.82) is 0 Å². The molecule has 1 aliphatic heterocycles. The van der Waals surface area contributed by atoms with Gasteiger partial charge in [0, 0.05) is 39.3 Å². The summed E-state index contributed by atoms with van der Waals surface area (Å²) in [6.07, 6.45) is 7.89. The van der Waals surface area contributed by atoms with Crippen molar-refractivity contribution in [2.75, 3.05) is 26.7 Å². The maximum atomic E-state index is 12.2. The summed E-state index contributed by atoms with van der Waals surface area (Å²) in [6.45, 7) is 6.10. The monoisotopic (exact) mass is 582 g/mol. The lowest BCUT2D eigenvalue weighted by molar-refractivity contribution is -0.151. The molecule has 232 valence electrons. The Hall–Kier alpha value is -2.96. The van der Waals surface area contributed by atoms with Crippen LogP contribution >= 0.6 is 0 Å². The predicted octanol–water partition coefficient (Wildman–Crippen LogP) is 3.65. The first-order chi connectivity index (χ1) is 20.1. The maximum absolute atomic E-state index is 12.2. The van der Waals surface area contributed by atoms with E-state index in [1.807, 2.05) is 12.1 Å². The second-order valence-electron chi connectivity index (χ2n) is 12.7. The Morgan fingerprint density at radius 3 is 2.64 bits per heavy atom. The molecule has 1 saturated carbocycles. The first-order valence-electron chi connectivity index (χ1n) is 15.6. The molecule has 4 atom stereocenters. The van der Waals surface area contributed by atoms with E-state index in [1.54, 1.807) is 13.1 Å². The number of guanidine groups is 1. The quantitative estimate of drug-likeness (QED) is 0.136. The number of nitrogens with zero attached hydrogens (tertiary/aromatic N) is 1. The third-order valence-corrected chi connectivity index (χ3v) is 9.72. The lowest BCUT2D eigenvalue weighted by Crippen LogP contribution is -2.49. The largest absolute Gasteiger partial charge is 0.504 e. The molecule has 4 unspecified atom stereocenters. The molecule has 2 fully saturated rings. The molecule has 0 bridgehead atoms. The summed E-state index contributed by atoms with van der Waals surface area (Å²) in [7, 11) is 1.67. The van der Waals surface area contributed by atoms with Crippen molar-refractivity contribution < 1.29 is 24.5 Å². The van der Waals surface area contributed by atoms with Gasteiger partial charge in [-0.25, -0.2) is 0 Å². The van der Waals surface area contributed by atoms with Crippen LogP contribution in [0.1, 0.15) is 83.6 Å². The molecule has 2 aliphatic carbocycles. The van der Waals surface area contributed by atoms with Gasteiger partial charge in [0.05, 0.1) is 11.5 Å². The molecular formula is C33H50N4O5. The van der Waals surface area contributed by atoms with Gasteiger partial charge in [-0.15, -0.1) is 5.92 Å². The van der Waals surface area contributed by atoms with Crippen LogP contribution in [0.3, 0.4) is 0 Å². The van der Waals surface area contributed by atoms with Crippen LogP contribution in [0.15, 0.2) is 23.2 Å². The van der Waals surface area contributed by atoms with Crippen LogP contribution in [0.5, 0.6) is 11.5 Å². The summed E-state index contributed by atoms with van der Waals surface area (Å²) < 4.78 is 12.0. The van der Waals surface area contributed by atoms with E-state index >= 15 is 0 Å². The highest BCUT2D eigenvalue weighted by molar-refractivity contribution is 5.77. The summed E-state index contributed by atoms with van der Waals surface area (Å²) in [4.78, 5) is 16.3. The van der Waals surface area contributed by atoms with Gasteiger partial charge in [0.1, 0.15) is 12.2 Å². The SMILES string of the molecule is CN=C(N)NCC1(C2(C)CCCC2)C#CCC(Cc2ccc(O)c(OC3CCNCC3)c2)C(OC(C)=O)CC(O)CC1. The van der Waals surface area contributed by atoms with E-state index in [2.05, 4.69) is 34.4 Å². The molecule has 4 rings (SSSR count). The number of hydrogen-bond acceptors (Lipinski definition) is 7. The number of phenols is 1. The average Bonchev–Trinajstić information content (AvgIpc) is 3.42. The number of aromatic hydroxyl groups is 1. The van der Waals surface area contributed by atoms with Crippen molar-refractivity contribution in [2.24, 2.45) is 27.5 Å². The summed E-state index contributed by atoms with van der Waals surface area (Å²) in [6, 6.07) is 5.45. The van der Waals surface area contributed by atoms with Crippen molar-refractivity contribution >= 4 is 11.9 Å². The van der Waals surface area contributed by atoms with E-state index in [4.69, 9.17) is 15.2 Å². The zero-order chi connectivity index (χ0) is 30.2. The Morgan fingerprint density at radius 2 is 1.95 bits per heavy atom. The lowest BCUT2D eigenvalue weighted by atomic mass is 9.60. The molecule has 6 N–H and O–H groups in total. The molecule has 0 spiro atoms. The second-order valence-corrected chi connectivity index (χ2v) is 12.7. The Morgan fingerprint density at radius 1 is 1.21 bits per heavy atom. The second kappa shape index (κ2) is 14.5. The molecule has 0 amide bonds. The van der Waals surface area contributed by atoms with Crippen LogP contribution in [-0.2, 0) is 16.0 Å². The van der Waals surface area contributed by atoms with Crippen LogP contribution in [0.2, 0.25) is 0 Å². The number of aliphatic hydroxyl groups is 1. The van der Waals surface area contributed by atoms with Crippen molar-refractivity contribution in [2.45, 2.75) is 103 Å². The lowest BCUT2D eigenvalue weighted by Gasteiger charge is -2.45. The van der Waals surface area contributed by atoms with E-state index in [0.29, 0.717) is 50.4 Å². The highest BCUT2D eigenvalue weighted by Crippen LogP contribution is 2.53. The molecule has 0 radical (unpaired) electrons. The number of esters is 1. The zero-order valence-electron chi connectivity index (χ0n) is 25.6. The third kappa shape index (κ3) is 8.11. The Kier molecular flexibility index (Phi) is 11.0. The van der Waals surface area contributed by atoms with Gasteiger partial charge < -0.3 is 36.1 Å². The summed E-state index contributed by atoms with van der Waals surface area (Å²) in [5.41, 5.74) is 6.63. The topological polar surface area (TPSA) is 138 Å². The van der Waals surface area contributed by atoms with Gasteiger partial charge in [-0.1, -0.05) is 31.8 Å². The molecule has 9 nitrogen and oxygen atoms in total. The number of aliphatic imine (C=N–C) groups is 1. The number of rotatable bonds is 8. The van der Waals surface area contributed by atoms with Gasteiger partial charge in [0.25, 0.3) is 0 Å². The number of aliphatic hydroxyl groups excluding tert-OH is 1. The van der Waals surface area contributed by atoms with Crippen molar-refractivity contribution in [1.82, 2.24) is 10.6 Å². The van der Waals surface area contributed by atoms with Crippen LogP contribution in [-0.4, -0.2) is 67.1 Å². The van der Waals surface area contributed by atoms with Gasteiger partial charge >= 0.3 is 5.97 Å². The van der Waals surface area contributed by atoms with Crippen LogP contribution < -0.4 is 21.1 Å². The van der Waals surface area contributed by atoms with E-state index in [-0.39, 0.29) is 34.6 Å². The minimum atomic E-state index is -0.642. The van der Waals surface area contributed by atoms with E-state index < -0.39 is 12.2 Å². The summed E-state index contributed by atoms with van der Waals surface area (Å²) in [5.74, 6) is 7.71. The first-order valence-corrected chi connectivity index (χ1v) is 15.6. The van der Waals surface area contributed by atoms with Gasteiger partial charge in [0.15, 0.2) is 17.5 Å². The number of carbonyl (C=O) groups excluding carboxylic acids is 1. The number of hydrogen-bond donors (Lipinski definition) is 5. The Balaban J connectivity index is 1.64. The molecule has 42 heavy (non-hydrogen) atoms. The number of nitrogens with one attached hydrogen (secondary N) is 2. The van der Waals surface area contributed by atoms with Crippen LogP contribution in [0.25, 0.3) is 0 Å². The van der Waals surface area contributed by atoms with E-state index in [1.165, 1.54) is 19.8 Å². The molecule has 9 heteroatoms. The Labute approximate surface area is 251 Å². The van der Waals surface area contributed by atoms with Crippen LogP contribution in [0.4, 0.5) is 0 Å². The molecule has 1 heterocycles. The normalized spacial score (nSPS) is 28.8. The summed E-state index contributed by atoms with van der Waals surface area (Å²) in [5, 5.41) is 28.5. The number of nitrogens with two attached hydrogens (primary N) is 1. The molecule has 1 saturated heterocycles. The van der Waals surface area contributed by atoms with Crippen molar-refractivity contribution in [3.8, 4) is 23.3 Å². The predicted molar refractivity (Wildman–Crippen MR) is 164 cm³/mol. The van der Waals surface area contributed by atoms with Crippen molar-refractivity contribution in [3.63, 3.8) is 0 Å².